The van der Waals surface area contributed by atoms with Crippen LogP contribution in [0.3, 0.4) is 0 Å². The van der Waals surface area contributed by atoms with E-state index in [2.05, 4.69) is 18.8 Å². The molecule has 0 spiro atoms. The van der Waals surface area contributed by atoms with Crippen molar-refractivity contribution in [1.82, 2.24) is 0 Å². The summed E-state index contributed by atoms with van der Waals surface area (Å²) in [6.07, 6.45) is 6.87. The van der Waals surface area contributed by atoms with Crippen molar-refractivity contribution >= 4 is 17.6 Å². The quantitative estimate of drug-likeness (QED) is 0.247. The second kappa shape index (κ2) is 9.72. The monoisotopic (exact) mass is 282 g/mol. The van der Waals surface area contributed by atoms with Gasteiger partial charge in [-0.3, -0.25) is 9.59 Å². The first-order chi connectivity index (χ1) is 10.1. The number of hydrogen-bond acceptors (Lipinski definition) is 2. The Hall–Kier alpha value is -2.14. The first-order valence-electron chi connectivity index (χ1n) is 7.46. The molecule has 0 radical (unpaired) electrons. The van der Waals surface area contributed by atoms with Crippen LogP contribution in [0.25, 0.3) is 6.08 Å². The Bertz CT molecular complexity index is 556. The Balaban J connectivity index is 2.52. The molecule has 2 nitrogen and oxygen atoms in total. The molecule has 0 fully saturated rings. The molecule has 0 saturated carbocycles. The van der Waals surface area contributed by atoms with Crippen molar-refractivity contribution in [2.24, 2.45) is 0 Å². The molecule has 0 heterocycles. The van der Waals surface area contributed by atoms with Crippen LogP contribution < -0.4 is 0 Å². The molecule has 0 N–H and O–H groups in total. The zero-order valence-electron chi connectivity index (χ0n) is 12.8. The highest BCUT2D eigenvalue weighted by atomic mass is 16.2. The smallest absolute Gasteiger partial charge is 0.276 e. The second-order valence-electron chi connectivity index (χ2n) is 5.01. The van der Waals surface area contributed by atoms with Crippen molar-refractivity contribution in [3.8, 4) is 11.8 Å². The largest absolute Gasteiger partial charge is 0.284 e. The second-order valence-corrected chi connectivity index (χ2v) is 5.01. The summed E-state index contributed by atoms with van der Waals surface area (Å²) >= 11 is 0. The van der Waals surface area contributed by atoms with Crippen molar-refractivity contribution in [2.45, 2.75) is 46.0 Å². The molecule has 0 aliphatic carbocycles. The van der Waals surface area contributed by atoms with Crippen LogP contribution in [-0.4, -0.2) is 11.6 Å². The fourth-order valence-electron chi connectivity index (χ4n) is 1.88. The highest BCUT2D eigenvalue weighted by Crippen LogP contribution is 2.07. The number of hydrogen-bond donors (Lipinski definition) is 0. The number of carbonyl (C=O) groups is 2. The van der Waals surface area contributed by atoms with Gasteiger partial charge >= 0.3 is 0 Å². The normalized spacial score (nSPS) is 10.7. The number of benzene rings is 1. The van der Waals surface area contributed by atoms with Gasteiger partial charge in [0, 0.05) is 12.0 Å². The van der Waals surface area contributed by atoms with Crippen LogP contribution >= 0.6 is 0 Å². The van der Waals surface area contributed by atoms with Gasteiger partial charge in [0.05, 0.1) is 0 Å². The maximum Gasteiger partial charge on any atom is 0.276 e. The van der Waals surface area contributed by atoms with Gasteiger partial charge in [0.25, 0.3) is 5.78 Å². The molecule has 0 unspecified atom stereocenters. The third kappa shape index (κ3) is 6.72. The first kappa shape index (κ1) is 16.9. The van der Waals surface area contributed by atoms with Gasteiger partial charge in [-0.2, -0.15) is 0 Å². The van der Waals surface area contributed by atoms with Gasteiger partial charge in [-0.25, -0.2) is 0 Å². The van der Waals surface area contributed by atoms with E-state index >= 15 is 0 Å². The lowest BCUT2D eigenvalue weighted by Gasteiger charge is -1.97. The predicted octanol–water partition coefficient (Wildman–Crippen LogP) is 4.20. The number of ketones is 2. The minimum Gasteiger partial charge on any atom is -0.284 e. The number of carbonyl (C=O) groups excluding carboxylic acids is 2. The predicted molar refractivity (Wildman–Crippen MR) is 86.6 cm³/mol. The number of unbranched alkanes of at least 4 members (excludes halogenated alkanes) is 4. The lowest BCUT2D eigenvalue weighted by atomic mass is 10.1. The summed E-state index contributed by atoms with van der Waals surface area (Å²) in [5.41, 5.74) is 1.33. The van der Waals surface area contributed by atoms with Crippen molar-refractivity contribution < 1.29 is 9.59 Å². The zero-order valence-corrected chi connectivity index (χ0v) is 12.8. The van der Waals surface area contributed by atoms with Crippen LogP contribution in [0.5, 0.6) is 0 Å². The molecule has 0 atom stereocenters. The maximum atomic E-state index is 11.9. The first-order valence-corrected chi connectivity index (χ1v) is 7.46. The molecule has 1 rings (SSSR count). The molecule has 1 aromatic carbocycles. The highest BCUT2D eigenvalue weighted by Gasteiger charge is 2.12. The van der Waals surface area contributed by atoms with Gasteiger partial charge in [-0.15, -0.1) is 0 Å². The van der Waals surface area contributed by atoms with E-state index in [1.165, 1.54) is 12.8 Å². The molecule has 0 aromatic heterocycles. The Morgan fingerprint density at radius 1 is 1.10 bits per heavy atom. The van der Waals surface area contributed by atoms with E-state index < -0.39 is 11.6 Å². The van der Waals surface area contributed by atoms with E-state index in [-0.39, 0.29) is 0 Å². The summed E-state index contributed by atoms with van der Waals surface area (Å²) in [6.45, 7) is 3.80. The van der Waals surface area contributed by atoms with Gasteiger partial charge in [-0.05, 0) is 30.9 Å². The van der Waals surface area contributed by atoms with Crippen LogP contribution in [0.2, 0.25) is 0 Å². The van der Waals surface area contributed by atoms with Crippen LogP contribution in [0.4, 0.5) is 0 Å². The standard InChI is InChI=1S/C19H22O2/c1-3-4-5-6-7-11-14-18(20)19(21)16(2)15-17-12-9-8-10-13-17/h8-10,12-13,15H,3-7H2,1-2H3. The summed E-state index contributed by atoms with van der Waals surface area (Å²) in [5.74, 6) is 4.11. The minimum absolute atomic E-state index is 0.423. The SMILES string of the molecule is CCCCCCC#CC(=O)C(=O)C(C)=Cc1ccccc1. The van der Waals surface area contributed by atoms with Crippen LogP contribution in [0, 0.1) is 11.8 Å². The Morgan fingerprint density at radius 3 is 2.48 bits per heavy atom. The average molecular weight is 282 g/mol. The molecule has 0 aliphatic heterocycles. The van der Waals surface area contributed by atoms with E-state index in [4.69, 9.17) is 0 Å². The highest BCUT2D eigenvalue weighted by molar-refractivity contribution is 6.49. The maximum absolute atomic E-state index is 11.9. The molecule has 0 saturated heterocycles. The van der Waals surface area contributed by atoms with Crippen molar-refractivity contribution in [3.63, 3.8) is 0 Å². The molecule has 1 aromatic rings. The molecule has 0 amide bonds. The summed E-state index contributed by atoms with van der Waals surface area (Å²) in [7, 11) is 0. The molecule has 2 heteroatoms. The molecular weight excluding hydrogens is 260 g/mol. The summed E-state index contributed by atoms with van der Waals surface area (Å²) < 4.78 is 0. The fourth-order valence-corrected chi connectivity index (χ4v) is 1.88. The summed E-state index contributed by atoms with van der Waals surface area (Å²) in [6, 6.07) is 9.47. The number of Topliss-reactive ketones (excluding diaryl/α,β-unsaturated/α-hetero) is 2. The van der Waals surface area contributed by atoms with Gasteiger partial charge < -0.3 is 0 Å². The number of rotatable bonds is 7. The average Bonchev–Trinajstić information content (AvgIpc) is 2.50. The van der Waals surface area contributed by atoms with E-state index in [1.54, 1.807) is 13.0 Å². The van der Waals surface area contributed by atoms with Gasteiger partial charge in [0.1, 0.15) is 0 Å². The Kier molecular flexibility index (Phi) is 7.82. The minimum atomic E-state index is -0.616. The molecule has 21 heavy (non-hydrogen) atoms. The van der Waals surface area contributed by atoms with Gasteiger partial charge in [-0.1, -0.05) is 62.4 Å². The summed E-state index contributed by atoms with van der Waals surface area (Å²) in [4.78, 5) is 23.6. The summed E-state index contributed by atoms with van der Waals surface area (Å²) in [5, 5.41) is 0. The van der Waals surface area contributed by atoms with Crippen LogP contribution in [0.15, 0.2) is 35.9 Å². The number of allylic oxidation sites excluding steroid dienone is 1. The third-order valence-electron chi connectivity index (χ3n) is 3.10. The van der Waals surface area contributed by atoms with Crippen molar-refractivity contribution in [1.29, 1.82) is 0 Å². The van der Waals surface area contributed by atoms with Crippen LogP contribution in [0.1, 0.15) is 51.5 Å². The van der Waals surface area contributed by atoms with E-state index in [1.807, 2.05) is 30.3 Å². The lowest BCUT2D eigenvalue weighted by molar-refractivity contribution is -0.130. The lowest BCUT2D eigenvalue weighted by Crippen LogP contribution is -2.12. The Morgan fingerprint density at radius 2 is 1.81 bits per heavy atom. The topological polar surface area (TPSA) is 34.1 Å². The fraction of sp³-hybridized carbons (Fsp3) is 0.368. The van der Waals surface area contributed by atoms with E-state index in [9.17, 15) is 9.59 Å². The van der Waals surface area contributed by atoms with Gasteiger partial charge in [0.15, 0.2) is 0 Å². The van der Waals surface area contributed by atoms with Crippen LogP contribution in [-0.2, 0) is 9.59 Å². The van der Waals surface area contributed by atoms with Crippen molar-refractivity contribution in [3.05, 3.63) is 41.5 Å². The van der Waals surface area contributed by atoms with E-state index in [0.29, 0.717) is 12.0 Å². The molecule has 110 valence electrons. The van der Waals surface area contributed by atoms with Gasteiger partial charge in [0.2, 0.25) is 5.78 Å². The Labute approximate surface area is 127 Å². The molecule has 0 bridgehead atoms. The molecular formula is C19H22O2. The van der Waals surface area contributed by atoms with E-state index in [0.717, 1.165) is 18.4 Å². The third-order valence-corrected chi connectivity index (χ3v) is 3.10. The molecule has 0 aliphatic rings. The van der Waals surface area contributed by atoms with Crippen molar-refractivity contribution in [2.75, 3.05) is 0 Å². The zero-order chi connectivity index (χ0) is 15.5.